The van der Waals surface area contributed by atoms with Gasteiger partial charge in [0.05, 0.1) is 19.9 Å². The van der Waals surface area contributed by atoms with Crippen LogP contribution < -0.4 is 20.1 Å². The normalized spacial score (nSPS) is 10.6. The van der Waals surface area contributed by atoms with Crippen LogP contribution in [0.2, 0.25) is 0 Å². The summed E-state index contributed by atoms with van der Waals surface area (Å²) in [5.41, 5.74) is 2.47. The first kappa shape index (κ1) is 18.9. The van der Waals surface area contributed by atoms with Crippen molar-refractivity contribution < 1.29 is 14.3 Å². The number of benzene rings is 2. The molecule has 6 nitrogen and oxygen atoms in total. The van der Waals surface area contributed by atoms with E-state index in [1.165, 1.54) is 13.3 Å². The standard InChI is InChI=1S/C20H21N3O3/c1-14-4-9-19(26-3)18(10-14)23-20(24)16(11-21)13-22-12-15-5-7-17(25-2)8-6-15/h4-10,13,22H,12H2,1-3H3,(H,23,24)/b16-13-. The van der Waals surface area contributed by atoms with E-state index in [4.69, 9.17) is 9.47 Å². The van der Waals surface area contributed by atoms with Crippen molar-refractivity contribution in [3.63, 3.8) is 0 Å². The molecule has 0 fully saturated rings. The van der Waals surface area contributed by atoms with Gasteiger partial charge in [0.15, 0.2) is 0 Å². The average molecular weight is 351 g/mol. The van der Waals surface area contributed by atoms with Crippen LogP contribution in [0.5, 0.6) is 11.5 Å². The number of aryl methyl sites for hydroxylation is 1. The first-order valence-corrected chi connectivity index (χ1v) is 8.00. The highest BCUT2D eigenvalue weighted by Gasteiger charge is 2.12. The zero-order chi connectivity index (χ0) is 18.9. The summed E-state index contributed by atoms with van der Waals surface area (Å²) in [5, 5.41) is 14.9. The molecular weight excluding hydrogens is 330 g/mol. The molecule has 0 aliphatic heterocycles. The fourth-order valence-corrected chi connectivity index (χ4v) is 2.27. The number of hydrogen-bond donors (Lipinski definition) is 2. The maximum Gasteiger partial charge on any atom is 0.267 e. The quantitative estimate of drug-likeness (QED) is 0.591. The average Bonchev–Trinajstić information content (AvgIpc) is 2.66. The molecule has 0 spiro atoms. The van der Waals surface area contributed by atoms with E-state index >= 15 is 0 Å². The number of hydrogen-bond acceptors (Lipinski definition) is 5. The highest BCUT2D eigenvalue weighted by atomic mass is 16.5. The number of rotatable bonds is 7. The smallest absolute Gasteiger partial charge is 0.267 e. The Balaban J connectivity index is 2.02. The SMILES string of the molecule is COc1ccc(CN/C=C(/C#N)C(=O)Nc2cc(C)ccc2OC)cc1. The zero-order valence-electron chi connectivity index (χ0n) is 15.0. The van der Waals surface area contributed by atoms with Crippen molar-refractivity contribution >= 4 is 11.6 Å². The summed E-state index contributed by atoms with van der Waals surface area (Å²) in [7, 11) is 3.13. The third-order valence-corrected chi connectivity index (χ3v) is 3.68. The van der Waals surface area contributed by atoms with Crippen molar-refractivity contribution in [1.82, 2.24) is 5.32 Å². The van der Waals surface area contributed by atoms with E-state index < -0.39 is 5.91 Å². The van der Waals surface area contributed by atoms with E-state index in [0.29, 0.717) is 18.0 Å². The van der Waals surface area contributed by atoms with Crippen molar-refractivity contribution in [3.05, 3.63) is 65.4 Å². The molecule has 0 heterocycles. The van der Waals surface area contributed by atoms with Crippen LogP contribution in [0.4, 0.5) is 5.69 Å². The van der Waals surface area contributed by atoms with Gasteiger partial charge in [-0.3, -0.25) is 4.79 Å². The monoisotopic (exact) mass is 351 g/mol. The Hall–Kier alpha value is -3.46. The van der Waals surface area contributed by atoms with E-state index in [1.54, 1.807) is 19.2 Å². The van der Waals surface area contributed by atoms with Gasteiger partial charge in [0.2, 0.25) is 0 Å². The van der Waals surface area contributed by atoms with Gasteiger partial charge >= 0.3 is 0 Å². The van der Waals surface area contributed by atoms with Crippen molar-refractivity contribution in [2.24, 2.45) is 0 Å². The topological polar surface area (TPSA) is 83.4 Å². The molecular formula is C20H21N3O3. The molecule has 0 bridgehead atoms. The van der Waals surface area contributed by atoms with Gasteiger partial charge in [0.1, 0.15) is 23.1 Å². The Labute approximate surface area is 153 Å². The first-order chi connectivity index (χ1) is 12.6. The van der Waals surface area contributed by atoms with E-state index in [2.05, 4.69) is 10.6 Å². The maximum absolute atomic E-state index is 12.3. The Bertz CT molecular complexity index is 836. The van der Waals surface area contributed by atoms with Crippen LogP contribution in [0.1, 0.15) is 11.1 Å². The minimum absolute atomic E-state index is 0.0259. The van der Waals surface area contributed by atoms with Gasteiger partial charge in [-0.1, -0.05) is 18.2 Å². The lowest BCUT2D eigenvalue weighted by atomic mass is 10.2. The van der Waals surface area contributed by atoms with Gasteiger partial charge in [0.25, 0.3) is 5.91 Å². The summed E-state index contributed by atoms with van der Waals surface area (Å²) in [4.78, 5) is 12.3. The summed E-state index contributed by atoms with van der Waals surface area (Å²) in [6, 6.07) is 14.9. The second kappa shape index (κ2) is 9.14. The maximum atomic E-state index is 12.3. The molecule has 2 N–H and O–H groups in total. The largest absolute Gasteiger partial charge is 0.497 e. The highest BCUT2D eigenvalue weighted by molar-refractivity contribution is 6.07. The van der Waals surface area contributed by atoms with E-state index in [9.17, 15) is 10.1 Å². The van der Waals surface area contributed by atoms with Crippen LogP contribution in [-0.2, 0) is 11.3 Å². The summed E-state index contributed by atoms with van der Waals surface area (Å²) in [6.45, 7) is 2.39. The molecule has 0 aromatic heterocycles. The van der Waals surface area contributed by atoms with Crippen molar-refractivity contribution in [2.75, 3.05) is 19.5 Å². The Morgan fingerprint density at radius 1 is 1.15 bits per heavy atom. The number of amides is 1. The first-order valence-electron chi connectivity index (χ1n) is 8.00. The summed E-state index contributed by atoms with van der Waals surface area (Å²) in [5.74, 6) is 0.805. The van der Waals surface area contributed by atoms with Gasteiger partial charge in [-0.2, -0.15) is 5.26 Å². The summed E-state index contributed by atoms with van der Waals surface area (Å²) >= 11 is 0. The van der Waals surface area contributed by atoms with E-state index in [0.717, 1.165) is 16.9 Å². The fraction of sp³-hybridized carbons (Fsp3) is 0.200. The highest BCUT2D eigenvalue weighted by Crippen LogP contribution is 2.25. The molecule has 2 aromatic carbocycles. The Morgan fingerprint density at radius 3 is 2.50 bits per heavy atom. The van der Waals surface area contributed by atoms with Crippen LogP contribution in [0.3, 0.4) is 0 Å². The number of nitrogens with zero attached hydrogens (tertiary/aromatic N) is 1. The van der Waals surface area contributed by atoms with Gasteiger partial charge in [-0.25, -0.2) is 0 Å². The number of nitriles is 1. The van der Waals surface area contributed by atoms with E-state index in [1.807, 2.05) is 43.3 Å². The van der Waals surface area contributed by atoms with E-state index in [-0.39, 0.29) is 5.57 Å². The zero-order valence-corrected chi connectivity index (χ0v) is 15.0. The molecule has 26 heavy (non-hydrogen) atoms. The predicted octanol–water partition coefficient (Wildman–Crippen LogP) is 3.15. The molecule has 0 radical (unpaired) electrons. The fourth-order valence-electron chi connectivity index (χ4n) is 2.27. The third kappa shape index (κ3) is 5.02. The van der Waals surface area contributed by atoms with Crippen LogP contribution in [0.15, 0.2) is 54.2 Å². The Kier molecular flexibility index (Phi) is 6.63. The summed E-state index contributed by atoms with van der Waals surface area (Å²) < 4.78 is 10.3. The van der Waals surface area contributed by atoms with Crippen molar-refractivity contribution in [2.45, 2.75) is 13.5 Å². The van der Waals surface area contributed by atoms with Crippen molar-refractivity contribution in [1.29, 1.82) is 5.26 Å². The van der Waals surface area contributed by atoms with Gasteiger partial charge in [-0.15, -0.1) is 0 Å². The van der Waals surface area contributed by atoms with Gasteiger partial charge < -0.3 is 20.1 Å². The number of carbonyl (C=O) groups excluding carboxylic acids is 1. The minimum Gasteiger partial charge on any atom is -0.497 e. The number of carbonyl (C=O) groups is 1. The number of nitrogens with one attached hydrogen (secondary N) is 2. The number of methoxy groups -OCH3 is 2. The third-order valence-electron chi connectivity index (χ3n) is 3.68. The second-order valence-electron chi connectivity index (χ2n) is 5.56. The molecule has 0 atom stereocenters. The number of anilines is 1. The lowest BCUT2D eigenvalue weighted by molar-refractivity contribution is -0.112. The summed E-state index contributed by atoms with van der Waals surface area (Å²) in [6.07, 6.45) is 1.40. The molecule has 0 aliphatic rings. The molecule has 6 heteroatoms. The predicted molar refractivity (Wildman–Crippen MR) is 99.9 cm³/mol. The minimum atomic E-state index is -0.501. The molecule has 0 unspecified atom stereocenters. The lowest BCUT2D eigenvalue weighted by Crippen LogP contribution is -2.17. The Morgan fingerprint density at radius 2 is 1.88 bits per heavy atom. The van der Waals surface area contributed by atoms with Crippen LogP contribution in [-0.4, -0.2) is 20.1 Å². The lowest BCUT2D eigenvalue weighted by Gasteiger charge is -2.10. The molecule has 0 saturated heterocycles. The van der Waals surface area contributed by atoms with Gasteiger partial charge in [-0.05, 0) is 42.3 Å². The second-order valence-corrected chi connectivity index (χ2v) is 5.56. The van der Waals surface area contributed by atoms with Crippen LogP contribution in [0, 0.1) is 18.3 Å². The van der Waals surface area contributed by atoms with Crippen LogP contribution >= 0.6 is 0 Å². The molecule has 134 valence electrons. The molecule has 2 rings (SSSR count). The molecule has 0 saturated carbocycles. The van der Waals surface area contributed by atoms with Gasteiger partial charge in [0, 0.05) is 12.7 Å². The van der Waals surface area contributed by atoms with Crippen LogP contribution in [0.25, 0.3) is 0 Å². The van der Waals surface area contributed by atoms with Crippen molar-refractivity contribution in [3.8, 4) is 17.6 Å². The number of ether oxygens (including phenoxy) is 2. The molecule has 0 aliphatic carbocycles. The molecule has 2 aromatic rings. The molecule has 1 amide bonds.